The number of aromatic nitrogens is 1. The van der Waals surface area contributed by atoms with E-state index in [9.17, 15) is 0 Å². The van der Waals surface area contributed by atoms with E-state index in [4.69, 9.17) is 5.26 Å². The lowest BCUT2D eigenvalue weighted by atomic mass is 10.1. The predicted octanol–water partition coefficient (Wildman–Crippen LogP) is 3.12. The Morgan fingerprint density at radius 3 is 2.50 bits per heavy atom. The van der Waals surface area contributed by atoms with Gasteiger partial charge in [0, 0.05) is 6.20 Å². The number of pyridine rings is 1. The molecule has 1 aromatic heterocycles. The summed E-state index contributed by atoms with van der Waals surface area (Å²) in [5.74, 6) is 0. The number of rotatable bonds is 2. The highest BCUT2D eigenvalue weighted by Crippen LogP contribution is 2.08. The van der Waals surface area contributed by atoms with Crippen LogP contribution in [0.15, 0.2) is 48.7 Å². The third kappa shape index (κ3) is 2.55. The number of nitrogens with zero attached hydrogens (tertiary/aromatic N) is 2. The van der Waals surface area contributed by atoms with Crippen LogP contribution < -0.4 is 0 Å². The van der Waals surface area contributed by atoms with Gasteiger partial charge in [-0.1, -0.05) is 42.5 Å². The van der Waals surface area contributed by atoms with E-state index >= 15 is 0 Å². The van der Waals surface area contributed by atoms with E-state index in [1.807, 2.05) is 54.6 Å². The summed E-state index contributed by atoms with van der Waals surface area (Å²) in [5, 5.41) is 8.71. The van der Waals surface area contributed by atoms with Gasteiger partial charge in [0.15, 0.2) is 0 Å². The van der Waals surface area contributed by atoms with Gasteiger partial charge in [0.1, 0.15) is 11.8 Å². The largest absolute Gasteiger partial charge is 0.246 e. The molecule has 0 aliphatic heterocycles. The summed E-state index contributed by atoms with van der Waals surface area (Å²) in [7, 11) is 0. The molecule has 0 bridgehead atoms. The van der Waals surface area contributed by atoms with Gasteiger partial charge < -0.3 is 0 Å². The molecule has 0 aliphatic rings. The Balaban J connectivity index is 2.21. The molecular weight excluding hydrogens is 196 g/mol. The lowest BCUT2D eigenvalue weighted by molar-refractivity contribution is 1.26. The second-order valence-corrected chi connectivity index (χ2v) is 3.33. The van der Waals surface area contributed by atoms with Crippen molar-refractivity contribution in [1.29, 1.82) is 5.26 Å². The summed E-state index contributed by atoms with van der Waals surface area (Å²) in [6, 6.07) is 15.7. The monoisotopic (exact) mass is 206 g/mol. The molecule has 76 valence electrons. The zero-order valence-corrected chi connectivity index (χ0v) is 8.67. The smallest absolute Gasteiger partial charge is 0.141 e. The molecule has 2 nitrogen and oxygen atoms in total. The molecule has 0 radical (unpaired) electrons. The molecule has 2 heteroatoms. The zero-order chi connectivity index (χ0) is 11.2. The first kappa shape index (κ1) is 10.1. The summed E-state index contributed by atoms with van der Waals surface area (Å²) in [6.45, 7) is 0. The highest BCUT2D eigenvalue weighted by atomic mass is 14.7. The number of hydrogen-bond donors (Lipinski definition) is 0. The van der Waals surface area contributed by atoms with Crippen LogP contribution in [0.3, 0.4) is 0 Å². The van der Waals surface area contributed by atoms with E-state index in [0.717, 1.165) is 11.1 Å². The van der Waals surface area contributed by atoms with Crippen LogP contribution in [0, 0.1) is 11.3 Å². The molecule has 0 N–H and O–H groups in total. The van der Waals surface area contributed by atoms with Crippen LogP contribution in [0.5, 0.6) is 0 Å². The molecule has 0 saturated carbocycles. The van der Waals surface area contributed by atoms with E-state index < -0.39 is 0 Å². The Bertz CT molecular complexity index is 536. The van der Waals surface area contributed by atoms with E-state index in [-0.39, 0.29) is 0 Å². The highest BCUT2D eigenvalue weighted by molar-refractivity contribution is 5.69. The van der Waals surface area contributed by atoms with Crippen LogP contribution in [-0.2, 0) is 0 Å². The first-order chi connectivity index (χ1) is 7.88. The van der Waals surface area contributed by atoms with Crippen molar-refractivity contribution in [2.24, 2.45) is 0 Å². The average Bonchev–Trinajstić information content (AvgIpc) is 2.38. The Labute approximate surface area is 94.5 Å². The van der Waals surface area contributed by atoms with Gasteiger partial charge in [0.05, 0.1) is 0 Å². The van der Waals surface area contributed by atoms with Crippen molar-refractivity contribution in [2.45, 2.75) is 0 Å². The molecule has 0 aliphatic carbocycles. The Kier molecular flexibility index (Phi) is 3.10. The maximum absolute atomic E-state index is 8.71. The van der Waals surface area contributed by atoms with Crippen molar-refractivity contribution in [3.63, 3.8) is 0 Å². The fourth-order valence-corrected chi connectivity index (χ4v) is 1.37. The second-order valence-electron chi connectivity index (χ2n) is 3.33. The Morgan fingerprint density at radius 1 is 1.00 bits per heavy atom. The van der Waals surface area contributed by atoms with Gasteiger partial charge in [-0.2, -0.15) is 5.26 Å². The Hall–Kier alpha value is -2.40. The lowest BCUT2D eigenvalue weighted by Crippen LogP contribution is -1.81. The van der Waals surface area contributed by atoms with Crippen molar-refractivity contribution >= 4 is 12.2 Å². The zero-order valence-electron chi connectivity index (χ0n) is 8.67. The van der Waals surface area contributed by atoms with Crippen LogP contribution in [-0.4, -0.2) is 4.98 Å². The van der Waals surface area contributed by atoms with Gasteiger partial charge >= 0.3 is 0 Å². The lowest BCUT2D eigenvalue weighted by Gasteiger charge is -1.94. The topological polar surface area (TPSA) is 36.7 Å². The molecule has 0 spiro atoms. The third-order valence-electron chi connectivity index (χ3n) is 2.17. The summed E-state index contributed by atoms with van der Waals surface area (Å²) >= 11 is 0. The molecule has 2 aromatic rings. The normalized spacial score (nSPS) is 10.2. The average molecular weight is 206 g/mol. The van der Waals surface area contributed by atoms with Gasteiger partial charge in [-0.05, 0) is 23.3 Å². The van der Waals surface area contributed by atoms with Crippen molar-refractivity contribution in [1.82, 2.24) is 4.98 Å². The molecule has 2 rings (SSSR count). The van der Waals surface area contributed by atoms with E-state index in [2.05, 4.69) is 4.98 Å². The van der Waals surface area contributed by atoms with Gasteiger partial charge in [0.25, 0.3) is 0 Å². The first-order valence-corrected chi connectivity index (χ1v) is 4.98. The molecule has 1 heterocycles. The fourth-order valence-electron chi connectivity index (χ4n) is 1.37. The molecule has 0 unspecified atom stereocenters. The molecule has 1 aromatic carbocycles. The van der Waals surface area contributed by atoms with Crippen LogP contribution in [0.4, 0.5) is 0 Å². The van der Waals surface area contributed by atoms with Gasteiger partial charge in [0.2, 0.25) is 0 Å². The van der Waals surface area contributed by atoms with Crippen molar-refractivity contribution < 1.29 is 0 Å². The molecular formula is C14H10N2. The van der Waals surface area contributed by atoms with Gasteiger partial charge in [-0.15, -0.1) is 0 Å². The van der Waals surface area contributed by atoms with Crippen LogP contribution >= 0.6 is 0 Å². The molecule has 0 amide bonds. The van der Waals surface area contributed by atoms with Crippen molar-refractivity contribution in [3.8, 4) is 6.07 Å². The molecule has 0 fully saturated rings. The standard InChI is InChI=1S/C14H10N2/c15-11-14-10-13(8-9-16-14)7-6-12-4-2-1-3-5-12/h1-10H. The minimum Gasteiger partial charge on any atom is -0.246 e. The highest BCUT2D eigenvalue weighted by Gasteiger charge is 1.92. The summed E-state index contributed by atoms with van der Waals surface area (Å²) < 4.78 is 0. The van der Waals surface area contributed by atoms with Crippen molar-refractivity contribution in [3.05, 3.63) is 65.5 Å². The number of nitriles is 1. The van der Waals surface area contributed by atoms with Gasteiger partial charge in [-0.3, -0.25) is 0 Å². The molecule has 16 heavy (non-hydrogen) atoms. The predicted molar refractivity (Wildman–Crippen MR) is 64.3 cm³/mol. The number of benzene rings is 1. The van der Waals surface area contributed by atoms with E-state index in [1.54, 1.807) is 12.3 Å². The van der Waals surface area contributed by atoms with E-state index in [1.165, 1.54) is 0 Å². The SMILES string of the molecule is N#Cc1cc(C=Cc2ccccc2)ccn1. The third-order valence-corrected chi connectivity index (χ3v) is 2.17. The molecule has 0 atom stereocenters. The van der Waals surface area contributed by atoms with Gasteiger partial charge in [-0.25, -0.2) is 4.98 Å². The summed E-state index contributed by atoms with van der Waals surface area (Å²) in [6.07, 6.45) is 5.62. The van der Waals surface area contributed by atoms with Crippen molar-refractivity contribution in [2.75, 3.05) is 0 Å². The van der Waals surface area contributed by atoms with Crippen LogP contribution in [0.1, 0.15) is 16.8 Å². The Morgan fingerprint density at radius 2 is 1.75 bits per heavy atom. The maximum Gasteiger partial charge on any atom is 0.141 e. The minimum atomic E-state index is 0.440. The number of hydrogen-bond acceptors (Lipinski definition) is 2. The fraction of sp³-hybridized carbons (Fsp3) is 0. The summed E-state index contributed by atoms with van der Waals surface area (Å²) in [4.78, 5) is 3.92. The van der Waals surface area contributed by atoms with E-state index in [0.29, 0.717) is 5.69 Å². The summed E-state index contributed by atoms with van der Waals surface area (Å²) in [5.41, 5.74) is 2.56. The first-order valence-electron chi connectivity index (χ1n) is 4.98. The van der Waals surface area contributed by atoms with Crippen LogP contribution in [0.25, 0.3) is 12.2 Å². The van der Waals surface area contributed by atoms with Crippen LogP contribution in [0.2, 0.25) is 0 Å². The maximum atomic E-state index is 8.71. The minimum absolute atomic E-state index is 0.440. The quantitative estimate of drug-likeness (QED) is 0.756. The second kappa shape index (κ2) is 4.90. The molecule has 0 saturated heterocycles.